The first-order valence-electron chi connectivity index (χ1n) is 10.5. The Morgan fingerprint density at radius 3 is 2.39 bits per heavy atom. The van der Waals surface area contributed by atoms with Gasteiger partial charge in [-0.2, -0.15) is 0 Å². The van der Waals surface area contributed by atoms with E-state index in [-0.39, 0.29) is 62.2 Å². The van der Waals surface area contributed by atoms with Gasteiger partial charge in [0.15, 0.2) is 11.3 Å². The Bertz CT molecular complexity index is 1280. The second-order valence-electron chi connectivity index (χ2n) is 9.56. The van der Waals surface area contributed by atoms with E-state index < -0.39 is 5.43 Å². The largest absolute Gasteiger partial charge is 0.507 e. The number of ether oxygens (including phenoxy) is 2. The van der Waals surface area contributed by atoms with Crippen molar-refractivity contribution in [1.29, 1.82) is 0 Å². The molecular formula is C24H26O7. The molecule has 0 aliphatic carbocycles. The van der Waals surface area contributed by atoms with Gasteiger partial charge in [-0.1, -0.05) is 13.8 Å². The smallest absolute Gasteiger partial charge is 0.208 e. The van der Waals surface area contributed by atoms with Crippen LogP contribution in [0.5, 0.6) is 23.0 Å². The van der Waals surface area contributed by atoms with E-state index in [9.17, 15) is 20.1 Å². The number of hydrogen-bond acceptors (Lipinski definition) is 7. The minimum absolute atomic E-state index is 0.0452. The lowest BCUT2D eigenvalue weighted by atomic mass is 9.62. The minimum atomic E-state index is -0.610. The summed E-state index contributed by atoms with van der Waals surface area (Å²) in [5.74, 6) is -0.372. The zero-order chi connectivity index (χ0) is 22.3. The normalized spacial score (nSPS) is 26.7. The summed E-state index contributed by atoms with van der Waals surface area (Å²) in [4.78, 5) is 13.2. The Kier molecular flexibility index (Phi) is 4.06. The zero-order valence-corrected chi connectivity index (χ0v) is 18.0. The van der Waals surface area contributed by atoms with E-state index in [2.05, 4.69) is 20.8 Å². The van der Waals surface area contributed by atoms with Gasteiger partial charge in [0.25, 0.3) is 0 Å². The van der Waals surface area contributed by atoms with E-state index in [4.69, 9.17) is 13.9 Å². The van der Waals surface area contributed by atoms with Gasteiger partial charge < -0.3 is 29.2 Å². The lowest BCUT2D eigenvalue weighted by Crippen LogP contribution is -2.41. The highest BCUT2D eigenvalue weighted by molar-refractivity contribution is 5.99. The monoisotopic (exact) mass is 426 g/mol. The summed E-state index contributed by atoms with van der Waals surface area (Å²) in [5.41, 5.74) is -0.354. The fraction of sp³-hybridized carbons (Fsp3) is 0.458. The molecule has 7 heteroatoms. The van der Waals surface area contributed by atoms with Gasteiger partial charge in [0.05, 0.1) is 18.8 Å². The third-order valence-electron chi connectivity index (χ3n) is 7.50. The van der Waals surface area contributed by atoms with Crippen molar-refractivity contribution >= 4 is 21.9 Å². The van der Waals surface area contributed by atoms with Crippen LogP contribution in [0.15, 0.2) is 27.4 Å². The molecule has 31 heavy (non-hydrogen) atoms. The number of phenolic OH excluding ortho intramolecular Hbond substituents is 3. The predicted molar refractivity (Wildman–Crippen MR) is 115 cm³/mol. The van der Waals surface area contributed by atoms with Crippen molar-refractivity contribution in [3.8, 4) is 23.0 Å². The molecule has 7 nitrogen and oxygen atoms in total. The molecule has 2 bridgehead atoms. The first kappa shape index (κ1) is 20.0. The predicted octanol–water partition coefficient (Wildman–Crippen LogP) is 4.21. The molecule has 2 aromatic carbocycles. The van der Waals surface area contributed by atoms with Gasteiger partial charge in [0.1, 0.15) is 33.6 Å². The summed E-state index contributed by atoms with van der Waals surface area (Å²) < 4.78 is 17.9. The van der Waals surface area contributed by atoms with Gasteiger partial charge in [-0.25, -0.2) is 0 Å². The number of benzene rings is 2. The molecule has 5 rings (SSSR count). The van der Waals surface area contributed by atoms with Crippen LogP contribution < -0.4 is 10.2 Å². The molecule has 3 atom stereocenters. The summed E-state index contributed by atoms with van der Waals surface area (Å²) in [6, 6.07) is 3.89. The van der Waals surface area contributed by atoms with Crippen molar-refractivity contribution in [2.24, 2.45) is 11.3 Å². The maximum absolute atomic E-state index is 13.2. The quantitative estimate of drug-likeness (QED) is 0.425. The van der Waals surface area contributed by atoms with E-state index in [0.717, 1.165) is 12.8 Å². The number of methoxy groups -OCH3 is 1. The second-order valence-corrected chi connectivity index (χ2v) is 9.56. The molecule has 0 radical (unpaired) electrons. The number of aromatic hydroxyl groups is 3. The van der Waals surface area contributed by atoms with E-state index in [0.29, 0.717) is 17.7 Å². The number of fused-ring (bicyclic) bond motifs is 4. The molecule has 2 fully saturated rings. The van der Waals surface area contributed by atoms with Crippen molar-refractivity contribution < 1.29 is 29.2 Å². The maximum Gasteiger partial charge on any atom is 0.208 e. The van der Waals surface area contributed by atoms with Crippen LogP contribution in [0.4, 0.5) is 0 Å². The van der Waals surface area contributed by atoms with Gasteiger partial charge in [0, 0.05) is 11.6 Å². The van der Waals surface area contributed by atoms with Crippen molar-refractivity contribution in [2.45, 2.75) is 51.7 Å². The highest BCUT2D eigenvalue weighted by atomic mass is 16.5. The summed E-state index contributed by atoms with van der Waals surface area (Å²) in [7, 11) is 1.50. The van der Waals surface area contributed by atoms with Gasteiger partial charge in [0.2, 0.25) is 5.43 Å². The van der Waals surface area contributed by atoms with Crippen LogP contribution in [0.3, 0.4) is 0 Å². The van der Waals surface area contributed by atoms with Gasteiger partial charge in [-0.15, -0.1) is 0 Å². The Morgan fingerprint density at radius 2 is 1.74 bits per heavy atom. The summed E-state index contributed by atoms with van der Waals surface area (Å²) in [6.45, 7) is 6.51. The van der Waals surface area contributed by atoms with Crippen LogP contribution in [-0.4, -0.2) is 34.1 Å². The summed E-state index contributed by atoms with van der Waals surface area (Å²) >= 11 is 0. The maximum atomic E-state index is 13.2. The summed E-state index contributed by atoms with van der Waals surface area (Å²) in [5, 5.41) is 30.9. The molecule has 0 saturated carbocycles. The summed E-state index contributed by atoms with van der Waals surface area (Å²) in [6.07, 6.45) is 2.63. The Labute approximate surface area is 178 Å². The number of rotatable bonds is 3. The average molecular weight is 426 g/mol. The number of hydrogen-bond donors (Lipinski definition) is 3. The minimum Gasteiger partial charge on any atom is -0.507 e. The molecule has 3 N–H and O–H groups in total. The average Bonchev–Trinajstić information content (AvgIpc) is 3.19. The SMILES string of the molecule is COc1cc(O)c2c(=O)c3c(O)ccc(O)c3oc2c1CC1C2(C)CCC(O2)C1(C)C. The Morgan fingerprint density at radius 1 is 1.06 bits per heavy atom. The van der Waals surface area contributed by atoms with Crippen molar-refractivity contribution in [2.75, 3.05) is 7.11 Å². The fourth-order valence-electron chi connectivity index (χ4n) is 5.82. The first-order valence-corrected chi connectivity index (χ1v) is 10.5. The molecule has 2 saturated heterocycles. The molecule has 164 valence electrons. The zero-order valence-electron chi connectivity index (χ0n) is 18.0. The Hall–Kier alpha value is -2.93. The standard InChI is InChI=1S/C24H26O7/c1-23(2)16(24(3)8-7-17(23)31-24)9-11-15(29-4)10-14(27)19-20(28)18-12(25)5-6-13(26)22(18)30-21(11)19/h5-6,10,16-17,25-27H,7-9H2,1-4H3. The second kappa shape index (κ2) is 6.29. The molecule has 1 aromatic heterocycles. The third kappa shape index (κ3) is 2.59. The van der Waals surface area contributed by atoms with Crippen LogP contribution >= 0.6 is 0 Å². The van der Waals surface area contributed by atoms with Crippen LogP contribution in [-0.2, 0) is 11.2 Å². The van der Waals surface area contributed by atoms with E-state index >= 15 is 0 Å². The first-order chi connectivity index (χ1) is 14.6. The van der Waals surface area contributed by atoms with Gasteiger partial charge in [-0.05, 0) is 49.7 Å². The molecule has 0 spiro atoms. The molecule has 2 aliphatic rings. The molecule has 0 amide bonds. The third-order valence-corrected chi connectivity index (χ3v) is 7.50. The van der Waals surface area contributed by atoms with Crippen molar-refractivity contribution in [3.63, 3.8) is 0 Å². The lowest BCUT2D eigenvalue weighted by Gasteiger charge is -2.39. The van der Waals surface area contributed by atoms with Gasteiger partial charge in [-0.3, -0.25) is 4.79 Å². The highest BCUT2D eigenvalue weighted by Gasteiger charge is 2.60. The van der Waals surface area contributed by atoms with Crippen LogP contribution in [0.1, 0.15) is 39.2 Å². The van der Waals surface area contributed by atoms with Gasteiger partial charge >= 0.3 is 0 Å². The van der Waals surface area contributed by atoms with Crippen LogP contribution in [0, 0.1) is 11.3 Å². The van der Waals surface area contributed by atoms with Crippen molar-refractivity contribution in [1.82, 2.24) is 0 Å². The van der Waals surface area contributed by atoms with Crippen LogP contribution in [0.25, 0.3) is 21.9 Å². The molecule has 3 heterocycles. The molecule has 3 aromatic rings. The Balaban J connectivity index is 1.81. The highest BCUT2D eigenvalue weighted by Crippen LogP contribution is 2.59. The van der Waals surface area contributed by atoms with Crippen LogP contribution in [0.2, 0.25) is 0 Å². The van der Waals surface area contributed by atoms with E-state index in [1.165, 1.54) is 25.3 Å². The number of phenols is 3. The van der Waals surface area contributed by atoms with Crippen molar-refractivity contribution in [3.05, 3.63) is 34.0 Å². The van der Waals surface area contributed by atoms with E-state index in [1.807, 2.05) is 0 Å². The van der Waals surface area contributed by atoms with E-state index in [1.54, 1.807) is 0 Å². The molecule has 3 unspecified atom stereocenters. The molecule has 2 aliphatic heterocycles. The fourth-order valence-corrected chi connectivity index (χ4v) is 5.82. The lowest BCUT2D eigenvalue weighted by molar-refractivity contribution is 0.00597. The molecular weight excluding hydrogens is 400 g/mol. The topological polar surface area (TPSA) is 109 Å².